The van der Waals surface area contributed by atoms with Crippen LogP contribution >= 0.6 is 0 Å². The summed E-state index contributed by atoms with van der Waals surface area (Å²) in [6.45, 7) is 6.08. The number of nitrogens with two attached hydrogens (primary N) is 1. The number of carbonyl (C=O) groups is 2. The van der Waals surface area contributed by atoms with Crippen LogP contribution in [-0.4, -0.2) is 70.3 Å². The lowest BCUT2D eigenvalue weighted by atomic mass is 9.94. The van der Waals surface area contributed by atoms with Crippen molar-refractivity contribution in [3.63, 3.8) is 0 Å². The maximum Gasteiger partial charge on any atom is 0.270 e. The van der Waals surface area contributed by atoms with Crippen molar-refractivity contribution >= 4 is 11.8 Å². The largest absolute Gasteiger partial charge is 0.349 e. The van der Waals surface area contributed by atoms with E-state index in [1.54, 1.807) is 13.0 Å². The highest BCUT2D eigenvalue weighted by molar-refractivity contribution is 5.92. The van der Waals surface area contributed by atoms with Crippen LogP contribution in [0.25, 0.3) is 0 Å². The third kappa shape index (κ3) is 5.45. The Bertz CT molecular complexity index is 943. The number of hydrogen-bond acceptors (Lipinski definition) is 6. The normalized spacial score (nSPS) is 17.5. The Morgan fingerprint density at radius 1 is 1.23 bits per heavy atom. The van der Waals surface area contributed by atoms with Crippen LogP contribution in [0, 0.1) is 5.92 Å². The van der Waals surface area contributed by atoms with Crippen molar-refractivity contribution in [3.05, 3.63) is 59.2 Å². The summed E-state index contributed by atoms with van der Waals surface area (Å²) in [5.41, 5.74) is 10.2. The fraction of sp³-hybridized carbons (Fsp3) is 0.478. The molecule has 0 radical (unpaired) electrons. The molecule has 31 heavy (non-hydrogen) atoms. The minimum atomic E-state index is -0.234. The van der Waals surface area contributed by atoms with Crippen LogP contribution in [0.2, 0.25) is 0 Å². The van der Waals surface area contributed by atoms with Gasteiger partial charge in [-0.2, -0.15) is 0 Å². The quantitative estimate of drug-likeness (QED) is 0.678. The van der Waals surface area contributed by atoms with Gasteiger partial charge in [-0.15, -0.1) is 0 Å². The summed E-state index contributed by atoms with van der Waals surface area (Å²) in [5, 5.41) is 2.90. The Morgan fingerprint density at radius 3 is 2.77 bits per heavy atom. The van der Waals surface area contributed by atoms with Crippen LogP contribution in [-0.2, 0) is 24.2 Å². The fourth-order valence-electron chi connectivity index (χ4n) is 4.31. The van der Waals surface area contributed by atoms with Gasteiger partial charge in [-0.05, 0) is 36.0 Å². The Hall–Kier alpha value is -2.84. The van der Waals surface area contributed by atoms with Gasteiger partial charge in [0.05, 0.1) is 0 Å². The smallest absolute Gasteiger partial charge is 0.270 e. The number of nitrogens with zero attached hydrogens (tertiary/aromatic N) is 4. The molecule has 3 heterocycles. The van der Waals surface area contributed by atoms with Gasteiger partial charge in [0.1, 0.15) is 12.0 Å². The third-order valence-electron chi connectivity index (χ3n) is 6.08. The lowest BCUT2D eigenvalue weighted by Crippen LogP contribution is -2.49. The number of likely N-dealkylation sites (tertiary alicyclic amines) is 1. The molecule has 3 N–H and O–H groups in total. The first kappa shape index (κ1) is 21.4. The Kier molecular flexibility index (Phi) is 6.58. The summed E-state index contributed by atoms with van der Waals surface area (Å²) >= 11 is 0. The molecular weight excluding hydrogens is 392 g/mol. The summed E-state index contributed by atoms with van der Waals surface area (Å²) < 4.78 is 0. The number of amides is 2. The number of aromatic nitrogens is 2. The second kappa shape index (κ2) is 9.53. The van der Waals surface area contributed by atoms with Crippen molar-refractivity contribution in [2.24, 2.45) is 11.7 Å². The van der Waals surface area contributed by atoms with E-state index in [1.165, 1.54) is 17.5 Å². The van der Waals surface area contributed by atoms with Gasteiger partial charge < -0.3 is 16.0 Å². The maximum absolute atomic E-state index is 12.5. The molecule has 2 aliphatic heterocycles. The molecule has 2 aliphatic rings. The molecular formula is C23H30N6O2. The van der Waals surface area contributed by atoms with Crippen LogP contribution in [0.4, 0.5) is 0 Å². The first-order valence-electron chi connectivity index (χ1n) is 10.9. The van der Waals surface area contributed by atoms with Crippen molar-refractivity contribution in [3.8, 4) is 0 Å². The predicted octanol–water partition coefficient (Wildman–Crippen LogP) is 0.613. The minimum absolute atomic E-state index is 0.101. The summed E-state index contributed by atoms with van der Waals surface area (Å²) in [5.74, 6) is 0.254. The van der Waals surface area contributed by atoms with Gasteiger partial charge in [-0.25, -0.2) is 9.97 Å². The number of benzene rings is 1. The molecule has 1 unspecified atom stereocenters. The number of nitrogens with one attached hydrogen (secondary N) is 1. The molecule has 164 valence electrons. The molecule has 8 nitrogen and oxygen atoms in total. The van der Waals surface area contributed by atoms with Gasteiger partial charge in [0, 0.05) is 57.9 Å². The Balaban J connectivity index is 1.23. The van der Waals surface area contributed by atoms with Crippen LogP contribution in [0.1, 0.15) is 34.2 Å². The molecule has 2 amide bonds. The van der Waals surface area contributed by atoms with E-state index < -0.39 is 0 Å². The zero-order valence-electron chi connectivity index (χ0n) is 18.0. The van der Waals surface area contributed by atoms with Crippen LogP contribution in [0.5, 0.6) is 0 Å². The average molecular weight is 423 g/mol. The fourth-order valence-corrected chi connectivity index (χ4v) is 4.31. The van der Waals surface area contributed by atoms with E-state index in [2.05, 4.69) is 44.5 Å². The van der Waals surface area contributed by atoms with Crippen molar-refractivity contribution < 1.29 is 9.59 Å². The number of fused-ring (bicyclic) bond motifs is 1. The van der Waals surface area contributed by atoms with Crippen LogP contribution in [0.3, 0.4) is 0 Å². The first-order valence-corrected chi connectivity index (χ1v) is 10.9. The summed E-state index contributed by atoms with van der Waals surface area (Å²) in [7, 11) is 0. The molecule has 8 heteroatoms. The Morgan fingerprint density at radius 2 is 2.00 bits per heavy atom. The molecule has 0 aliphatic carbocycles. The molecule has 1 saturated heterocycles. The second-order valence-electron chi connectivity index (χ2n) is 8.61. The minimum Gasteiger partial charge on any atom is -0.349 e. The third-order valence-corrected chi connectivity index (χ3v) is 6.08. The molecule has 2 aromatic rings. The van der Waals surface area contributed by atoms with Gasteiger partial charge in [0.2, 0.25) is 5.91 Å². The lowest BCUT2D eigenvalue weighted by Gasteiger charge is -2.38. The SMILES string of the molecule is CC(=O)N1CC(Cc2cc(C(=O)NCC(N)CN3CCc4ccccc4C3)ncn2)C1. The highest BCUT2D eigenvalue weighted by Crippen LogP contribution is 2.20. The van der Waals surface area contributed by atoms with E-state index in [9.17, 15) is 9.59 Å². The number of hydrogen-bond donors (Lipinski definition) is 2. The summed E-state index contributed by atoms with van der Waals surface area (Å²) in [6.07, 6.45) is 3.20. The number of carbonyl (C=O) groups excluding carboxylic acids is 2. The van der Waals surface area contributed by atoms with Gasteiger partial charge >= 0.3 is 0 Å². The molecule has 1 aromatic carbocycles. The summed E-state index contributed by atoms with van der Waals surface area (Å²) in [6, 6.07) is 10.1. The van der Waals surface area contributed by atoms with Crippen molar-refractivity contribution in [2.75, 3.05) is 32.7 Å². The van der Waals surface area contributed by atoms with E-state index in [0.29, 0.717) is 18.2 Å². The van der Waals surface area contributed by atoms with Gasteiger partial charge in [-0.3, -0.25) is 14.5 Å². The standard InChI is InChI=1S/C23H30N6O2/c1-16(30)29-11-17(12-29)8-21-9-22(27-15-26-21)23(31)25-10-20(24)14-28-7-6-18-4-2-3-5-19(18)13-28/h2-5,9,15,17,20H,6-8,10-14,24H2,1H3,(H,25,31). The first-order chi connectivity index (χ1) is 15.0. The van der Waals surface area contributed by atoms with Crippen LogP contribution in [0.15, 0.2) is 36.7 Å². The topological polar surface area (TPSA) is 104 Å². The highest BCUT2D eigenvalue weighted by Gasteiger charge is 2.29. The molecule has 1 atom stereocenters. The van der Waals surface area contributed by atoms with E-state index in [0.717, 1.165) is 51.3 Å². The van der Waals surface area contributed by atoms with E-state index in [1.807, 2.05) is 4.90 Å². The molecule has 1 fully saturated rings. The van der Waals surface area contributed by atoms with Gasteiger partial charge in [0.25, 0.3) is 5.91 Å². The Labute approximate surface area is 182 Å². The van der Waals surface area contributed by atoms with E-state index >= 15 is 0 Å². The predicted molar refractivity (Wildman–Crippen MR) is 117 cm³/mol. The van der Waals surface area contributed by atoms with Gasteiger partial charge in [-0.1, -0.05) is 24.3 Å². The molecule has 4 rings (SSSR count). The van der Waals surface area contributed by atoms with Gasteiger partial charge in [0.15, 0.2) is 0 Å². The average Bonchev–Trinajstić information content (AvgIpc) is 2.74. The maximum atomic E-state index is 12.5. The second-order valence-corrected chi connectivity index (χ2v) is 8.61. The zero-order chi connectivity index (χ0) is 21.8. The summed E-state index contributed by atoms with van der Waals surface area (Å²) in [4.78, 5) is 36.4. The molecule has 1 aromatic heterocycles. The van der Waals surface area contributed by atoms with Crippen molar-refractivity contribution in [1.29, 1.82) is 0 Å². The highest BCUT2D eigenvalue weighted by atomic mass is 16.2. The van der Waals surface area contributed by atoms with Crippen molar-refractivity contribution in [2.45, 2.75) is 32.4 Å². The van der Waals surface area contributed by atoms with Crippen LogP contribution < -0.4 is 11.1 Å². The molecule has 0 saturated carbocycles. The van der Waals surface area contributed by atoms with E-state index in [4.69, 9.17) is 5.73 Å². The lowest BCUT2D eigenvalue weighted by molar-refractivity contribution is -0.134. The molecule has 0 spiro atoms. The monoisotopic (exact) mass is 422 g/mol. The van der Waals surface area contributed by atoms with Crippen molar-refractivity contribution in [1.82, 2.24) is 25.1 Å². The number of rotatable bonds is 7. The van der Waals surface area contributed by atoms with E-state index in [-0.39, 0.29) is 17.9 Å². The zero-order valence-corrected chi connectivity index (χ0v) is 18.0. The molecule has 0 bridgehead atoms.